The number of likely N-dealkylation sites (tertiary alicyclic amines) is 1. The number of rotatable bonds is 4. The van der Waals surface area contributed by atoms with Crippen LogP contribution in [0, 0.1) is 5.41 Å². The van der Waals surface area contributed by atoms with Crippen LogP contribution < -0.4 is 5.32 Å². The smallest absolute Gasteiger partial charge is 0.317 e. The predicted molar refractivity (Wildman–Crippen MR) is 80.8 cm³/mol. The summed E-state index contributed by atoms with van der Waals surface area (Å²) in [5, 5.41) is 12.0. The van der Waals surface area contributed by atoms with Gasteiger partial charge in [0.05, 0.1) is 5.41 Å². The topological polar surface area (TPSA) is 69.6 Å². The molecule has 0 radical (unpaired) electrons. The van der Waals surface area contributed by atoms with Gasteiger partial charge in [0.1, 0.15) is 0 Å². The number of carboxylic acids is 1. The van der Waals surface area contributed by atoms with Crippen LogP contribution in [0.4, 0.5) is 4.79 Å². The van der Waals surface area contributed by atoms with Gasteiger partial charge in [0.15, 0.2) is 0 Å². The monoisotopic (exact) mass is 288 g/mol. The van der Waals surface area contributed by atoms with Crippen molar-refractivity contribution in [1.29, 1.82) is 0 Å². The van der Waals surface area contributed by atoms with E-state index in [-0.39, 0.29) is 12.6 Å². The summed E-state index contributed by atoms with van der Waals surface area (Å²) in [7, 11) is 0. The van der Waals surface area contributed by atoms with Gasteiger partial charge in [-0.3, -0.25) is 4.79 Å². The lowest BCUT2D eigenvalue weighted by Gasteiger charge is -2.20. The number of carbonyl (C=O) groups is 2. The van der Waals surface area contributed by atoms with Crippen LogP contribution >= 0.6 is 0 Å². The van der Waals surface area contributed by atoms with Gasteiger partial charge < -0.3 is 15.3 Å². The number of aliphatic carboxylic acids is 1. The number of amides is 2. The summed E-state index contributed by atoms with van der Waals surface area (Å²) in [6.45, 7) is 6.68. The zero-order valence-corrected chi connectivity index (χ0v) is 12.1. The van der Waals surface area contributed by atoms with Gasteiger partial charge in [0.2, 0.25) is 0 Å². The molecule has 1 aromatic carbocycles. The number of hydrogen-bond acceptors (Lipinski definition) is 2. The second-order valence-electron chi connectivity index (χ2n) is 5.67. The zero-order chi connectivity index (χ0) is 15.5. The Morgan fingerprint density at radius 2 is 2.05 bits per heavy atom. The Morgan fingerprint density at radius 3 is 2.62 bits per heavy atom. The average molecular weight is 288 g/mol. The highest BCUT2D eigenvalue weighted by Crippen LogP contribution is 2.29. The van der Waals surface area contributed by atoms with E-state index in [9.17, 15) is 9.59 Å². The van der Waals surface area contributed by atoms with E-state index in [1.165, 1.54) is 0 Å². The normalized spacial score (nSPS) is 21.1. The van der Waals surface area contributed by atoms with Crippen molar-refractivity contribution in [2.75, 3.05) is 19.6 Å². The summed E-state index contributed by atoms with van der Waals surface area (Å²) < 4.78 is 0. The number of carboxylic acid groups (broad SMARTS) is 1. The van der Waals surface area contributed by atoms with E-state index in [1.54, 1.807) is 11.8 Å². The maximum absolute atomic E-state index is 12.1. The lowest BCUT2D eigenvalue weighted by atomic mass is 9.90. The molecule has 21 heavy (non-hydrogen) atoms. The fourth-order valence-electron chi connectivity index (χ4n) is 2.38. The fraction of sp³-hybridized carbons (Fsp3) is 0.375. The highest BCUT2D eigenvalue weighted by molar-refractivity contribution is 5.80. The second-order valence-corrected chi connectivity index (χ2v) is 5.67. The molecule has 1 fully saturated rings. The first-order chi connectivity index (χ1) is 9.92. The standard InChI is InChI=1S/C16H20N2O3/c1-12(13-6-4-3-5-7-13)10-17-15(21)18-9-8-16(2,11-18)14(19)20/h3-7H,1,8-11H2,2H3,(H,17,21)(H,19,20). The van der Waals surface area contributed by atoms with E-state index >= 15 is 0 Å². The lowest BCUT2D eigenvalue weighted by molar-refractivity contribution is -0.146. The van der Waals surface area contributed by atoms with Crippen molar-refractivity contribution in [3.63, 3.8) is 0 Å². The molecule has 0 bridgehead atoms. The maximum atomic E-state index is 12.1. The van der Waals surface area contributed by atoms with Gasteiger partial charge >= 0.3 is 12.0 Å². The van der Waals surface area contributed by atoms with Crippen molar-refractivity contribution >= 4 is 17.6 Å². The van der Waals surface area contributed by atoms with Crippen LogP contribution in [0.15, 0.2) is 36.9 Å². The van der Waals surface area contributed by atoms with Gasteiger partial charge in [0.25, 0.3) is 0 Å². The number of nitrogens with zero attached hydrogens (tertiary/aromatic N) is 1. The Morgan fingerprint density at radius 1 is 1.38 bits per heavy atom. The van der Waals surface area contributed by atoms with Crippen LogP contribution in [0.1, 0.15) is 18.9 Å². The summed E-state index contributed by atoms with van der Waals surface area (Å²) in [5.74, 6) is -0.855. The average Bonchev–Trinajstić information content (AvgIpc) is 2.89. The second kappa shape index (κ2) is 5.99. The van der Waals surface area contributed by atoms with Crippen molar-refractivity contribution in [3.05, 3.63) is 42.5 Å². The van der Waals surface area contributed by atoms with Gasteiger partial charge in [-0.25, -0.2) is 4.79 Å². The van der Waals surface area contributed by atoms with Crippen LogP contribution in [0.5, 0.6) is 0 Å². The van der Waals surface area contributed by atoms with E-state index in [0.29, 0.717) is 19.5 Å². The largest absolute Gasteiger partial charge is 0.481 e. The Hall–Kier alpha value is -2.30. The van der Waals surface area contributed by atoms with Gasteiger partial charge in [-0.15, -0.1) is 0 Å². The molecule has 5 heteroatoms. The van der Waals surface area contributed by atoms with Crippen LogP contribution in [0.25, 0.3) is 5.57 Å². The van der Waals surface area contributed by atoms with Gasteiger partial charge in [-0.2, -0.15) is 0 Å². The molecule has 1 aliphatic rings. The number of urea groups is 1. The van der Waals surface area contributed by atoms with Crippen molar-refractivity contribution in [2.24, 2.45) is 5.41 Å². The minimum absolute atomic E-state index is 0.239. The molecule has 1 unspecified atom stereocenters. The Labute approximate surface area is 124 Å². The van der Waals surface area contributed by atoms with Crippen molar-refractivity contribution in [1.82, 2.24) is 10.2 Å². The Bertz CT molecular complexity index is 556. The maximum Gasteiger partial charge on any atom is 0.317 e. The van der Waals surface area contributed by atoms with E-state index in [4.69, 9.17) is 5.11 Å². The minimum Gasteiger partial charge on any atom is -0.481 e. The quantitative estimate of drug-likeness (QED) is 0.892. The van der Waals surface area contributed by atoms with E-state index in [1.807, 2.05) is 30.3 Å². The SMILES string of the molecule is C=C(CNC(=O)N1CCC(C)(C(=O)O)C1)c1ccccc1. The highest BCUT2D eigenvalue weighted by Gasteiger charge is 2.42. The summed E-state index contributed by atoms with van der Waals surface area (Å²) in [6, 6.07) is 9.39. The van der Waals surface area contributed by atoms with Gasteiger partial charge in [-0.05, 0) is 24.5 Å². The first kappa shape index (κ1) is 15.1. The third-order valence-corrected chi connectivity index (χ3v) is 3.91. The molecule has 0 saturated carbocycles. The van der Waals surface area contributed by atoms with Gasteiger partial charge in [0, 0.05) is 19.6 Å². The molecule has 1 atom stereocenters. The molecule has 0 aromatic heterocycles. The molecule has 2 N–H and O–H groups in total. The molecule has 2 rings (SSSR count). The van der Waals surface area contributed by atoms with Crippen LogP contribution in [0.3, 0.4) is 0 Å². The third-order valence-electron chi connectivity index (χ3n) is 3.91. The van der Waals surface area contributed by atoms with Crippen LogP contribution in [0.2, 0.25) is 0 Å². The molecule has 0 aliphatic carbocycles. The highest BCUT2D eigenvalue weighted by atomic mass is 16.4. The van der Waals surface area contributed by atoms with Crippen LogP contribution in [-0.2, 0) is 4.79 Å². The van der Waals surface area contributed by atoms with Crippen molar-refractivity contribution in [3.8, 4) is 0 Å². The first-order valence-corrected chi connectivity index (χ1v) is 6.92. The summed E-state index contributed by atoms with van der Waals surface area (Å²) in [6.07, 6.45) is 0.482. The Kier molecular flexibility index (Phi) is 4.31. The number of benzene rings is 1. The summed E-state index contributed by atoms with van der Waals surface area (Å²) >= 11 is 0. The molecular formula is C16H20N2O3. The molecule has 2 amide bonds. The minimum atomic E-state index is -0.855. The molecular weight excluding hydrogens is 268 g/mol. The predicted octanol–water partition coefficient (Wildman–Crippen LogP) is 2.21. The molecule has 0 spiro atoms. The van der Waals surface area contributed by atoms with E-state index in [0.717, 1.165) is 11.1 Å². The molecule has 1 aromatic rings. The van der Waals surface area contributed by atoms with Gasteiger partial charge in [-0.1, -0.05) is 36.9 Å². The summed E-state index contributed by atoms with van der Waals surface area (Å²) in [4.78, 5) is 24.8. The number of hydrogen-bond donors (Lipinski definition) is 2. The van der Waals surface area contributed by atoms with Crippen LogP contribution in [-0.4, -0.2) is 41.6 Å². The summed E-state index contributed by atoms with van der Waals surface area (Å²) in [5.41, 5.74) is 0.965. The molecule has 5 nitrogen and oxygen atoms in total. The van der Waals surface area contributed by atoms with E-state index in [2.05, 4.69) is 11.9 Å². The number of carbonyl (C=O) groups excluding carboxylic acids is 1. The molecule has 1 heterocycles. The van der Waals surface area contributed by atoms with Crippen molar-refractivity contribution < 1.29 is 14.7 Å². The zero-order valence-electron chi connectivity index (χ0n) is 12.1. The van der Waals surface area contributed by atoms with Crippen molar-refractivity contribution in [2.45, 2.75) is 13.3 Å². The first-order valence-electron chi connectivity index (χ1n) is 6.92. The third kappa shape index (κ3) is 3.42. The lowest BCUT2D eigenvalue weighted by Crippen LogP contribution is -2.41. The fourth-order valence-corrected chi connectivity index (χ4v) is 2.38. The number of nitrogens with one attached hydrogen (secondary N) is 1. The van der Waals surface area contributed by atoms with E-state index < -0.39 is 11.4 Å². The molecule has 1 saturated heterocycles. The Balaban J connectivity index is 1.86. The molecule has 1 aliphatic heterocycles. The molecule has 112 valence electrons.